The molecule has 106 valence electrons. The van der Waals surface area contributed by atoms with Crippen molar-refractivity contribution in [3.63, 3.8) is 0 Å². The lowest BCUT2D eigenvalue weighted by atomic mass is 10.2. The monoisotopic (exact) mass is 289 g/mol. The van der Waals surface area contributed by atoms with E-state index >= 15 is 0 Å². The van der Waals surface area contributed by atoms with Gasteiger partial charge >= 0.3 is 0 Å². The maximum Gasteiger partial charge on any atom is 0.199 e. The van der Waals surface area contributed by atoms with Crippen molar-refractivity contribution in [1.82, 2.24) is 14.8 Å². The van der Waals surface area contributed by atoms with Crippen molar-refractivity contribution in [3.05, 3.63) is 34.9 Å². The topological polar surface area (TPSA) is 42.8 Å². The predicted octanol–water partition coefficient (Wildman–Crippen LogP) is 3.98. The first-order valence-electron chi connectivity index (χ1n) is 7.13. The van der Waals surface area contributed by atoms with Crippen molar-refractivity contribution >= 4 is 12.2 Å². The summed E-state index contributed by atoms with van der Waals surface area (Å²) in [4.78, 5) is 0. The van der Waals surface area contributed by atoms with Crippen molar-refractivity contribution in [2.75, 3.05) is 0 Å². The summed E-state index contributed by atoms with van der Waals surface area (Å²) in [5.74, 6) is 2.46. The lowest BCUT2D eigenvalue weighted by molar-refractivity contribution is 0.217. The van der Waals surface area contributed by atoms with E-state index in [1.165, 1.54) is 12.8 Å². The highest BCUT2D eigenvalue weighted by Gasteiger charge is 2.29. The van der Waals surface area contributed by atoms with Crippen LogP contribution in [0.15, 0.2) is 24.3 Å². The van der Waals surface area contributed by atoms with E-state index in [1.54, 1.807) is 0 Å². The second-order valence-electron chi connectivity index (χ2n) is 5.33. The molecule has 3 rings (SSSR count). The summed E-state index contributed by atoms with van der Waals surface area (Å²) >= 11 is 5.36. The van der Waals surface area contributed by atoms with Crippen LogP contribution in [0, 0.1) is 4.77 Å². The Labute approximate surface area is 123 Å². The molecule has 1 N–H and O–H groups in total. The molecule has 1 saturated carbocycles. The molecule has 1 fully saturated rings. The van der Waals surface area contributed by atoms with E-state index in [1.807, 2.05) is 28.8 Å². The Balaban J connectivity index is 1.96. The first-order valence-corrected chi connectivity index (χ1v) is 7.54. The molecule has 0 saturated heterocycles. The number of hydrogen-bond acceptors (Lipinski definition) is 3. The second-order valence-corrected chi connectivity index (χ2v) is 5.72. The van der Waals surface area contributed by atoms with Crippen LogP contribution in [0.4, 0.5) is 0 Å². The van der Waals surface area contributed by atoms with Gasteiger partial charge in [0.25, 0.3) is 0 Å². The van der Waals surface area contributed by atoms with E-state index < -0.39 is 0 Å². The van der Waals surface area contributed by atoms with Gasteiger partial charge in [0.1, 0.15) is 11.6 Å². The van der Waals surface area contributed by atoms with Crippen molar-refractivity contribution in [1.29, 1.82) is 0 Å². The zero-order valence-corrected chi connectivity index (χ0v) is 12.6. The van der Waals surface area contributed by atoms with Crippen molar-refractivity contribution < 1.29 is 4.74 Å². The van der Waals surface area contributed by atoms with Crippen LogP contribution >= 0.6 is 12.2 Å². The van der Waals surface area contributed by atoms with Gasteiger partial charge in [-0.2, -0.15) is 5.10 Å². The first kappa shape index (κ1) is 13.4. The summed E-state index contributed by atoms with van der Waals surface area (Å²) in [5, 5.41) is 7.27. The Hall–Kier alpha value is -1.62. The zero-order valence-electron chi connectivity index (χ0n) is 11.8. The van der Waals surface area contributed by atoms with E-state index in [0.29, 0.717) is 10.7 Å². The van der Waals surface area contributed by atoms with E-state index in [0.717, 1.165) is 23.7 Å². The molecule has 0 radical (unpaired) electrons. The average Bonchev–Trinajstić information content (AvgIpc) is 3.22. The molecular weight excluding hydrogens is 270 g/mol. The van der Waals surface area contributed by atoms with Gasteiger partial charge in [0.05, 0.1) is 11.8 Å². The van der Waals surface area contributed by atoms with Crippen molar-refractivity contribution in [3.8, 4) is 11.4 Å². The highest BCUT2D eigenvalue weighted by molar-refractivity contribution is 7.71. The summed E-state index contributed by atoms with van der Waals surface area (Å²) in [6, 6.07) is 8.05. The molecule has 1 aliphatic carbocycles. The molecule has 0 spiro atoms. The van der Waals surface area contributed by atoms with Crippen LogP contribution in [-0.2, 0) is 0 Å². The molecule has 1 aromatic carbocycles. The number of H-pyrrole nitrogens is 1. The highest BCUT2D eigenvalue weighted by atomic mass is 32.1. The Kier molecular flexibility index (Phi) is 3.61. The van der Waals surface area contributed by atoms with Gasteiger partial charge in [-0.15, -0.1) is 0 Å². The highest BCUT2D eigenvalue weighted by Crippen LogP contribution is 2.39. The van der Waals surface area contributed by atoms with E-state index in [2.05, 4.69) is 24.0 Å². The van der Waals surface area contributed by atoms with E-state index in [9.17, 15) is 0 Å². The Morgan fingerprint density at radius 3 is 3.00 bits per heavy atom. The molecule has 0 amide bonds. The van der Waals surface area contributed by atoms with Crippen LogP contribution in [0.5, 0.6) is 5.75 Å². The average molecular weight is 289 g/mol. The molecule has 1 aliphatic rings. The first-order chi connectivity index (χ1) is 9.69. The maximum atomic E-state index is 5.88. The molecule has 2 aromatic rings. The Morgan fingerprint density at radius 2 is 2.30 bits per heavy atom. The summed E-state index contributed by atoms with van der Waals surface area (Å²) in [6.45, 7) is 4.19. The van der Waals surface area contributed by atoms with Crippen LogP contribution < -0.4 is 4.74 Å². The van der Waals surface area contributed by atoms with E-state index in [4.69, 9.17) is 17.0 Å². The molecule has 4 nitrogen and oxygen atoms in total. The predicted molar refractivity (Wildman–Crippen MR) is 81.1 cm³/mol. The van der Waals surface area contributed by atoms with Gasteiger partial charge in [-0.25, -0.2) is 0 Å². The standard InChI is InChI=1S/C15H19N3OS/c1-3-10(2)19-13-6-4-5-12(9-13)18-14(11-7-8-11)16-17-15(18)20/h4-6,9-11H,3,7-8H2,1-2H3,(H,17,20). The number of ether oxygens (including phenoxy) is 1. The summed E-state index contributed by atoms with van der Waals surface area (Å²) in [7, 11) is 0. The normalized spacial score (nSPS) is 16.1. The van der Waals surface area contributed by atoms with Gasteiger partial charge in [0.2, 0.25) is 0 Å². The minimum Gasteiger partial charge on any atom is -0.491 e. The minimum atomic E-state index is 0.213. The largest absolute Gasteiger partial charge is 0.491 e. The van der Waals surface area contributed by atoms with Gasteiger partial charge in [0.15, 0.2) is 4.77 Å². The van der Waals surface area contributed by atoms with Crippen LogP contribution in [0.2, 0.25) is 0 Å². The lowest BCUT2D eigenvalue weighted by Gasteiger charge is -2.14. The molecule has 1 heterocycles. The van der Waals surface area contributed by atoms with Gasteiger partial charge in [0, 0.05) is 12.0 Å². The third-order valence-electron chi connectivity index (χ3n) is 3.63. The fourth-order valence-corrected chi connectivity index (χ4v) is 2.43. The number of aromatic nitrogens is 3. The van der Waals surface area contributed by atoms with Gasteiger partial charge < -0.3 is 4.74 Å². The molecule has 1 aromatic heterocycles. The molecular formula is C15H19N3OS. The number of rotatable bonds is 5. The number of benzene rings is 1. The molecule has 1 atom stereocenters. The summed E-state index contributed by atoms with van der Waals surface area (Å²) < 4.78 is 8.55. The molecule has 20 heavy (non-hydrogen) atoms. The van der Waals surface area contributed by atoms with Gasteiger partial charge in [-0.1, -0.05) is 13.0 Å². The third-order valence-corrected chi connectivity index (χ3v) is 3.90. The van der Waals surface area contributed by atoms with Crippen LogP contribution in [-0.4, -0.2) is 20.9 Å². The smallest absolute Gasteiger partial charge is 0.199 e. The lowest BCUT2D eigenvalue weighted by Crippen LogP contribution is -2.10. The molecule has 0 aliphatic heterocycles. The zero-order chi connectivity index (χ0) is 14.1. The number of hydrogen-bond donors (Lipinski definition) is 1. The number of nitrogens with zero attached hydrogens (tertiary/aromatic N) is 2. The molecule has 1 unspecified atom stereocenters. The quantitative estimate of drug-likeness (QED) is 0.846. The second kappa shape index (κ2) is 5.40. The van der Waals surface area contributed by atoms with Crippen molar-refractivity contribution in [2.45, 2.75) is 45.1 Å². The van der Waals surface area contributed by atoms with Gasteiger partial charge in [-0.05, 0) is 50.5 Å². The van der Waals surface area contributed by atoms with Gasteiger partial charge in [-0.3, -0.25) is 9.67 Å². The fraction of sp³-hybridized carbons (Fsp3) is 0.467. The summed E-state index contributed by atoms with van der Waals surface area (Å²) in [5.41, 5.74) is 1.02. The van der Waals surface area contributed by atoms with E-state index in [-0.39, 0.29) is 6.10 Å². The number of nitrogens with one attached hydrogen (secondary N) is 1. The summed E-state index contributed by atoms with van der Waals surface area (Å²) in [6.07, 6.45) is 3.60. The molecule has 5 heteroatoms. The Bertz CT molecular complexity index is 657. The SMILES string of the molecule is CCC(C)Oc1cccc(-n2c(C3CC3)n[nH]c2=S)c1. The Morgan fingerprint density at radius 1 is 1.50 bits per heavy atom. The third kappa shape index (κ3) is 2.63. The van der Waals surface area contributed by atoms with Crippen LogP contribution in [0.1, 0.15) is 44.9 Å². The minimum absolute atomic E-state index is 0.213. The van der Waals surface area contributed by atoms with Crippen LogP contribution in [0.3, 0.4) is 0 Å². The van der Waals surface area contributed by atoms with Crippen molar-refractivity contribution in [2.24, 2.45) is 0 Å². The number of aromatic amines is 1. The van der Waals surface area contributed by atoms with Crippen LogP contribution in [0.25, 0.3) is 5.69 Å². The maximum absolute atomic E-state index is 5.88. The molecule has 0 bridgehead atoms. The fourth-order valence-electron chi connectivity index (χ4n) is 2.19.